The predicted molar refractivity (Wildman–Crippen MR) is 81.8 cm³/mol. The van der Waals surface area contributed by atoms with Crippen molar-refractivity contribution in [2.75, 3.05) is 12.4 Å². The lowest BCUT2D eigenvalue weighted by Gasteiger charge is -2.11. The number of aromatic amines is 1. The number of H-pyrrole nitrogens is 1. The number of rotatable bonds is 2. The third kappa shape index (κ3) is 2.07. The first-order chi connectivity index (χ1) is 10.1. The molecule has 0 spiro atoms. The molecular weight excluding hydrogens is 268 g/mol. The second kappa shape index (κ2) is 4.84. The number of terminal acetylenes is 1. The smallest absolute Gasteiger partial charge is 0.232 e. The lowest BCUT2D eigenvalue weighted by Crippen LogP contribution is -2.28. The van der Waals surface area contributed by atoms with E-state index in [0.29, 0.717) is 17.0 Å². The van der Waals surface area contributed by atoms with Crippen molar-refractivity contribution in [2.24, 2.45) is 0 Å². The van der Waals surface area contributed by atoms with Gasteiger partial charge in [-0.05, 0) is 12.1 Å². The Labute approximate surface area is 120 Å². The number of fused-ring (bicyclic) bond motifs is 2. The van der Waals surface area contributed by atoms with Gasteiger partial charge in [0.05, 0.1) is 11.2 Å². The summed E-state index contributed by atoms with van der Waals surface area (Å²) in [6, 6.07) is 6.71. The summed E-state index contributed by atoms with van der Waals surface area (Å²) in [5.41, 5.74) is 1.72. The lowest BCUT2D eigenvalue weighted by atomic mass is 10.1. The number of anilines is 1. The van der Waals surface area contributed by atoms with Crippen LogP contribution in [0.25, 0.3) is 22.6 Å². The van der Waals surface area contributed by atoms with E-state index in [1.54, 1.807) is 7.05 Å². The molecule has 1 heterocycles. The number of hydrogen-bond donors (Lipinski definition) is 2. The van der Waals surface area contributed by atoms with Crippen molar-refractivity contribution in [1.82, 2.24) is 4.98 Å². The molecule has 0 fully saturated rings. The zero-order chi connectivity index (χ0) is 15.0. The summed E-state index contributed by atoms with van der Waals surface area (Å²) < 4.78 is 5.73. The molecule has 5 nitrogen and oxygen atoms in total. The molecule has 0 atom stereocenters. The van der Waals surface area contributed by atoms with Gasteiger partial charge >= 0.3 is 0 Å². The summed E-state index contributed by atoms with van der Waals surface area (Å²) in [5.74, 6) is 2.72. The van der Waals surface area contributed by atoms with Gasteiger partial charge in [-0.25, -0.2) is 0 Å². The fourth-order valence-electron chi connectivity index (χ4n) is 2.27. The second-order valence-corrected chi connectivity index (χ2v) is 4.62. The van der Waals surface area contributed by atoms with Gasteiger partial charge in [0.1, 0.15) is 0 Å². The minimum atomic E-state index is -0.617. The SMILES string of the molecule is C#CCc1c2[nH]c3ccc(NC)cc3oc-2cc(=O)c1=O. The van der Waals surface area contributed by atoms with Crippen molar-refractivity contribution < 1.29 is 4.42 Å². The molecule has 0 bridgehead atoms. The fourth-order valence-corrected chi connectivity index (χ4v) is 2.27. The van der Waals surface area contributed by atoms with Gasteiger partial charge in [-0.1, -0.05) is 0 Å². The molecule has 1 aliphatic heterocycles. The first-order valence-corrected chi connectivity index (χ1v) is 6.38. The number of benzene rings is 2. The minimum Gasteiger partial charge on any atom is -0.453 e. The largest absolute Gasteiger partial charge is 0.453 e. The molecule has 104 valence electrons. The highest BCUT2D eigenvalue weighted by molar-refractivity contribution is 5.80. The second-order valence-electron chi connectivity index (χ2n) is 4.62. The van der Waals surface area contributed by atoms with Gasteiger partial charge < -0.3 is 14.7 Å². The lowest BCUT2D eigenvalue weighted by molar-refractivity contribution is 0.611. The van der Waals surface area contributed by atoms with Crippen LogP contribution in [0.15, 0.2) is 38.3 Å². The topological polar surface area (TPSA) is 75.1 Å². The first kappa shape index (κ1) is 13.0. The molecule has 0 saturated carbocycles. The standard InChI is InChI=1S/C16H12N2O3/c1-3-4-10-15-14(8-12(19)16(10)20)21-13-7-9(17-2)5-6-11(13)18-15/h1,5-8,17-18H,4H2,2H3. The summed E-state index contributed by atoms with van der Waals surface area (Å²) in [6.07, 6.45) is 5.36. The molecule has 0 saturated heterocycles. The van der Waals surface area contributed by atoms with Gasteiger partial charge in [-0.3, -0.25) is 9.59 Å². The molecular formula is C16H12N2O3. The highest BCUT2D eigenvalue weighted by Crippen LogP contribution is 2.27. The van der Waals surface area contributed by atoms with Crippen molar-refractivity contribution in [2.45, 2.75) is 6.42 Å². The molecule has 2 aliphatic rings. The molecule has 0 amide bonds. The van der Waals surface area contributed by atoms with E-state index in [2.05, 4.69) is 16.2 Å². The Kier molecular flexibility index (Phi) is 2.99. The van der Waals surface area contributed by atoms with Gasteiger partial charge in [0.25, 0.3) is 0 Å². The minimum absolute atomic E-state index is 0.0809. The summed E-state index contributed by atoms with van der Waals surface area (Å²) in [7, 11) is 1.80. The van der Waals surface area contributed by atoms with Gasteiger partial charge in [0, 0.05) is 36.9 Å². The third-order valence-corrected chi connectivity index (χ3v) is 3.34. The summed E-state index contributed by atoms with van der Waals surface area (Å²) in [5, 5.41) is 3.01. The predicted octanol–water partition coefficient (Wildman–Crippen LogP) is 1.80. The maximum Gasteiger partial charge on any atom is 0.232 e. The molecule has 1 aromatic rings. The van der Waals surface area contributed by atoms with Crippen LogP contribution in [-0.2, 0) is 6.42 Å². The average Bonchev–Trinajstić information content (AvgIpc) is 2.49. The summed E-state index contributed by atoms with van der Waals surface area (Å²) >= 11 is 0. The number of aromatic nitrogens is 1. The molecule has 0 unspecified atom stereocenters. The van der Waals surface area contributed by atoms with Gasteiger partial charge in [0.15, 0.2) is 11.3 Å². The third-order valence-electron chi connectivity index (χ3n) is 3.34. The van der Waals surface area contributed by atoms with Crippen molar-refractivity contribution in [3.8, 4) is 23.8 Å². The van der Waals surface area contributed by atoms with Crippen LogP contribution in [0.1, 0.15) is 5.56 Å². The zero-order valence-electron chi connectivity index (χ0n) is 11.3. The van der Waals surface area contributed by atoms with E-state index in [-0.39, 0.29) is 12.0 Å². The van der Waals surface area contributed by atoms with Crippen LogP contribution in [0.2, 0.25) is 0 Å². The molecule has 3 rings (SSSR count). The Hall–Kier alpha value is -3.00. The van der Waals surface area contributed by atoms with Gasteiger partial charge in [0.2, 0.25) is 10.9 Å². The summed E-state index contributed by atoms with van der Waals surface area (Å²) in [6.45, 7) is 0. The molecule has 1 aliphatic carbocycles. The molecule has 5 heteroatoms. The van der Waals surface area contributed by atoms with Crippen LogP contribution in [0, 0.1) is 12.3 Å². The maximum absolute atomic E-state index is 11.9. The van der Waals surface area contributed by atoms with Crippen LogP contribution in [-0.4, -0.2) is 12.0 Å². The Balaban J connectivity index is 2.42. The van der Waals surface area contributed by atoms with E-state index in [0.717, 1.165) is 11.2 Å². The Morgan fingerprint density at radius 2 is 2.14 bits per heavy atom. The van der Waals surface area contributed by atoms with Crippen LogP contribution in [0.4, 0.5) is 5.69 Å². The highest BCUT2D eigenvalue weighted by atomic mass is 16.3. The van der Waals surface area contributed by atoms with Crippen LogP contribution >= 0.6 is 0 Å². The quantitative estimate of drug-likeness (QED) is 0.426. The van der Waals surface area contributed by atoms with Gasteiger partial charge in [-0.15, -0.1) is 12.3 Å². The molecule has 0 radical (unpaired) electrons. The van der Waals surface area contributed by atoms with Crippen molar-refractivity contribution >= 4 is 16.8 Å². The fraction of sp³-hybridized carbons (Fsp3) is 0.125. The molecule has 1 aromatic carbocycles. The van der Waals surface area contributed by atoms with E-state index in [1.165, 1.54) is 6.07 Å². The van der Waals surface area contributed by atoms with Crippen molar-refractivity contribution in [3.63, 3.8) is 0 Å². The van der Waals surface area contributed by atoms with E-state index in [1.807, 2.05) is 18.2 Å². The van der Waals surface area contributed by atoms with Gasteiger partial charge in [-0.2, -0.15) is 0 Å². The number of nitrogens with one attached hydrogen (secondary N) is 2. The molecule has 21 heavy (non-hydrogen) atoms. The number of hydrogen-bond acceptors (Lipinski definition) is 4. The maximum atomic E-state index is 11.9. The Morgan fingerprint density at radius 1 is 1.33 bits per heavy atom. The van der Waals surface area contributed by atoms with E-state index >= 15 is 0 Å². The first-order valence-electron chi connectivity index (χ1n) is 6.38. The monoisotopic (exact) mass is 280 g/mol. The van der Waals surface area contributed by atoms with Crippen molar-refractivity contribution in [3.05, 3.63) is 50.3 Å². The van der Waals surface area contributed by atoms with Crippen LogP contribution in [0.3, 0.4) is 0 Å². The molecule has 2 N–H and O–H groups in total. The van der Waals surface area contributed by atoms with Crippen LogP contribution in [0.5, 0.6) is 0 Å². The van der Waals surface area contributed by atoms with E-state index < -0.39 is 10.9 Å². The van der Waals surface area contributed by atoms with E-state index in [4.69, 9.17) is 10.8 Å². The molecule has 0 aromatic heterocycles. The Morgan fingerprint density at radius 3 is 2.86 bits per heavy atom. The Bertz CT molecular complexity index is 960. The average molecular weight is 280 g/mol. The normalized spacial score (nSPS) is 10.7. The van der Waals surface area contributed by atoms with Crippen LogP contribution < -0.4 is 16.2 Å². The zero-order valence-corrected chi connectivity index (χ0v) is 11.3. The highest BCUT2D eigenvalue weighted by Gasteiger charge is 2.17. The summed E-state index contributed by atoms with van der Waals surface area (Å²) in [4.78, 5) is 26.8. The van der Waals surface area contributed by atoms with E-state index in [9.17, 15) is 9.59 Å². The van der Waals surface area contributed by atoms with Crippen molar-refractivity contribution in [1.29, 1.82) is 0 Å².